The van der Waals surface area contributed by atoms with Gasteiger partial charge in [-0.1, -0.05) is 18.2 Å². The van der Waals surface area contributed by atoms with E-state index in [2.05, 4.69) is 6.58 Å². The van der Waals surface area contributed by atoms with E-state index in [0.29, 0.717) is 24.4 Å². The molecule has 0 bridgehead atoms. The molecule has 5 nitrogen and oxygen atoms in total. The van der Waals surface area contributed by atoms with Crippen molar-refractivity contribution in [2.24, 2.45) is 0 Å². The highest BCUT2D eigenvalue weighted by Crippen LogP contribution is 2.24. The smallest absolute Gasteiger partial charge is 0.337 e. The van der Waals surface area contributed by atoms with Crippen molar-refractivity contribution in [2.45, 2.75) is 38.2 Å². The minimum atomic E-state index is -1.06. The number of cyclic esters (lactones) is 1. The van der Waals surface area contributed by atoms with Crippen molar-refractivity contribution < 1.29 is 24.2 Å². The summed E-state index contributed by atoms with van der Waals surface area (Å²) in [5.41, 5.74) is 0.617. The van der Waals surface area contributed by atoms with Crippen molar-refractivity contribution in [3.63, 3.8) is 0 Å². The van der Waals surface area contributed by atoms with Gasteiger partial charge >= 0.3 is 11.9 Å². The number of carboxylic acid groups (broad SMARTS) is 1. The molecule has 0 radical (unpaired) electrons. The number of aromatic carboxylic acids is 1. The summed E-state index contributed by atoms with van der Waals surface area (Å²) >= 11 is 5.87. The predicted octanol–water partition coefficient (Wildman–Crippen LogP) is 3.85. The second-order valence-corrected chi connectivity index (χ2v) is 5.89. The van der Waals surface area contributed by atoms with Crippen LogP contribution in [0.25, 0.3) is 0 Å². The number of esters is 1. The van der Waals surface area contributed by atoms with Crippen molar-refractivity contribution in [3.8, 4) is 5.75 Å². The number of unbranched alkanes of at least 4 members (excludes halogenated alkanes) is 2. The molecule has 0 aliphatic carbocycles. The van der Waals surface area contributed by atoms with E-state index < -0.39 is 5.97 Å². The van der Waals surface area contributed by atoms with E-state index in [9.17, 15) is 9.59 Å². The summed E-state index contributed by atoms with van der Waals surface area (Å²) in [6, 6.07) is 4.54. The van der Waals surface area contributed by atoms with Gasteiger partial charge in [0.25, 0.3) is 0 Å². The van der Waals surface area contributed by atoms with Gasteiger partial charge in [-0.15, -0.1) is 0 Å². The summed E-state index contributed by atoms with van der Waals surface area (Å²) in [4.78, 5) is 22.0. The largest absolute Gasteiger partial charge is 0.494 e. The fraction of sp³-hybridized carbons (Fsp3) is 0.412. The first-order chi connectivity index (χ1) is 11.0. The van der Waals surface area contributed by atoms with E-state index in [1.807, 2.05) is 0 Å². The maximum Gasteiger partial charge on any atom is 0.337 e. The Kier molecular flexibility index (Phi) is 6.04. The normalized spacial score (nSPS) is 17.2. The SMILES string of the molecule is C=C1CC(CCCCCOc2ccc(C(=O)O)c(Cl)c2)OC1=O. The number of carbonyl (C=O) groups is 2. The zero-order chi connectivity index (χ0) is 16.8. The molecule has 1 aromatic rings. The highest BCUT2D eigenvalue weighted by atomic mass is 35.5. The molecule has 1 fully saturated rings. The fourth-order valence-corrected chi connectivity index (χ4v) is 2.65. The Labute approximate surface area is 139 Å². The third-order valence-corrected chi connectivity index (χ3v) is 3.96. The van der Waals surface area contributed by atoms with Gasteiger partial charge in [-0.25, -0.2) is 9.59 Å². The van der Waals surface area contributed by atoms with Gasteiger partial charge in [0.05, 0.1) is 17.2 Å². The van der Waals surface area contributed by atoms with Crippen LogP contribution in [-0.4, -0.2) is 29.8 Å². The molecule has 1 aliphatic rings. The van der Waals surface area contributed by atoms with E-state index in [1.54, 1.807) is 6.07 Å². The maximum atomic E-state index is 11.2. The molecular weight excluding hydrogens is 320 g/mol. The Morgan fingerprint density at radius 3 is 2.78 bits per heavy atom. The summed E-state index contributed by atoms with van der Waals surface area (Å²) in [6.45, 7) is 4.19. The molecule has 1 heterocycles. The van der Waals surface area contributed by atoms with Crippen molar-refractivity contribution in [2.75, 3.05) is 6.61 Å². The first-order valence-electron chi connectivity index (χ1n) is 7.52. The number of carboxylic acids is 1. The molecule has 0 spiro atoms. The van der Waals surface area contributed by atoms with E-state index in [0.717, 1.165) is 25.7 Å². The minimum absolute atomic E-state index is 0.0294. The second-order valence-electron chi connectivity index (χ2n) is 5.48. The first kappa shape index (κ1) is 17.3. The molecule has 1 N–H and O–H groups in total. The maximum absolute atomic E-state index is 11.2. The molecular formula is C17H19ClO5. The fourth-order valence-electron chi connectivity index (χ4n) is 2.40. The number of ether oxygens (including phenoxy) is 2. The van der Waals surface area contributed by atoms with Gasteiger partial charge in [0.1, 0.15) is 11.9 Å². The molecule has 0 saturated carbocycles. The van der Waals surface area contributed by atoms with Crippen LogP contribution in [0.2, 0.25) is 5.02 Å². The summed E-state index contributed by atoms with van der Waals surface area (Å²) in [6.07, 6.45) is 4.21. The molecule has 1 aromatic carbocycles. The Hall–Kier alpha value is -2.01. The number of rotatable bonds is 8. The standard InChI is InChI=1S/C17H19ClO5/c1-11-9-13(23-17(11)21)5-3-2-4-8-22-12-6-7-14(16(19)20)15(18)10-12/h6-7,10,13H,1-5,8-9H2,(H,19,20). The zero-order valence-electron chi connectivity index (χ0n) is 12.7. The third-order valence-electron chi connectivity index (χ3n) is 3.65. The van der Waals surface area contributed by atoms with Crippen LogP contribution in [0.4, 0.5) is 0 Å². The zero-order valence-corrected chi connectivity index (χ0v) is 13.5. The number of hydrogen-bond donors (Lipinski definition) is 1. The van der Waals surface area contributed by atoms with Crippen molar-refractivity contribution in [3.05, 3.63) is 40.9 Å². The van der Waals surface area contributed by atoms with Gasteiger partial charge in [-0.2, -0.15) is 0 Å². The van der Waals surface area contributed by atoms with E-state index in [-0.39, 0.29) is 22.7 Å². The molecule has 1 aliphatic heterocycles. The van der Waals surface area contributed by atoms with Gasteiger partial charge in [0, 0.05) is 12.0 Å². The lowest BCUT2D eigenvalue weighted by Gasteiger charge is -2.09. The van der Waals surface area contributed by atoms with E-state index >= 15 is 0 Å². The van der Waals surface area contributed by atoms with Crippen molar-refractivity contribution >= 4 is 23.5 Å². The van der Waals surface area contributed by atoms with E-state index in [1.165, 1.54) is 12.1 Å². The number of halogens is 1. The van der Waals surface area contributed by atoms with Gasteiger partial charge in [-0.05, 0) is 43.9 Å². The lowest BCUT2D eigenvalue weighted by Crippen LogP contribution is -2.06. The van der Waals surface area contributed by atoms with Crippen LogP contribution in [0.15, 0.2) is 30.4 Å². The second kappa shape index (κ2) is 8.02. The van der Waals surface area contributed by atoms with Gasteiger partial charge in [0.15, 0.2) is 0 Å². The van der Waals surface area contributed by atoms with Gasteiger partial charge < -0.3 is 14.6 Å². The lowest BCUT2D eigenvalue weighted by molar-refractivity contribution is -0.139. The first-order valence-corrected chi connectivity index (χ1v) is 7.89. The third kappa shape index (κ3) is 4.99. The van der Waals surface area contributed by atoms with Crippen LogP contribution in [0.3, 0.4) is 0 Å². The molecule has 124 valence electrons. The van der Waals surface area contributed by atoms with E-state index in [4.69, 9.17) is 26.2 Å². The minimum Gasteiger partial charge on any atom is -0.494 e. The van der Waals surface area contributed by atoms with Crippen LogP contribution >= 0.6 is 11.6 Å². The van der Waals surface area contributed by atoms with Crippen LogP contribution < -0.4 is 4.74 Å². The average molecular weight is 339 g/mol. The monoisotopic (exact) mass is 338 g/mol. The van der Waals surface area contributed by atoms with Crippen molar-refractivity contribution in [1.29, 1.82) is 0 Å². The van der Waals surface area contributed by atoms with Crippen LogP contribution in [0.1, 0.15) is 42.5 Å². The Balaban J connectivity index is 1.62. The molecule has 1 unspecified atom stereocenters. The van der Waals surface area contributed by atoms with Crippen molar-refractivity contribution in [1.82, 2.24) is 0 Å². The Morgan fingerprint density at radius 2 is 2.17 bits per heavy atom. The quantitative estimate of drug-likeness (QED) is 0.443. The Bertz CT molecular complexity index is 595. The van der Waals surface area contributed by atoms with Crippen LogP contribution in [-0.2, 0) is 9.53 Å². The molecule has 0 aromatic heterocycles. The molecule has 6 heteroatoms. The number of hydrogen-bond acceptors (Lipinski definition) is 4. The summed E-state index contributed by atoms with van der Waals surface area (Å²) in [5.74, 6) is -0.780. The summed E-state index contributed by atoms with van der Waals surface area (Å²) in [5, 5.41) is 9.06. The Morgan fingerprint density at radius 1 is 1.39 bits per heavy atom. The van der Waals surface area contributed by atoms with Crippen LogP contribution in [0.5, 0.6) is 5.75 Å². The summed E-state index contributed by atoms with van der Waals surface area (Å²) < 4.78 is 10.7. The number of carbonyl (C=O) groups excluding carboxylic acids is 1. The summed E-state index contributed by atoms with van der Waals surface area (Å²) in [7, 11) is 0. The predicted molar refractivity (Wildman–Crippen MR) is 86.0 cm³/mol. The molecule has 0 amide bonds. The highest BCUT2D eigenvalue weighted by Gasteiger charge is 2.26. The average Bonchev–Trinajstić information content (AvgIpc) is 2.81. The molecule has 23 heavy (non-hydrogen) atoms. The molecule has 1 saturated heterocycles. The van der Waals surface area contributed by atoms with Crippen LogP contribution in [0, 0.1) is 0 Å². The topological polar surface area (TPSA) is 72.8 Å². The molecule has 1 atom stereocenters. The highest BCUT2D eigenvalue weighted by molar-refractivity contribution is 6.33. The molecule has 2 rings (SSSR count). The van der Waals surface area contributed by atoms with Gasteiger partial charge in [0.2, 0.25) is 0 Å². The number of benzene rings is 1. The van der Waals surface area contributed by atoms with Gasteiger partial charge in [-0.3, -0.25) is 0 Å². The lowest BCUT2D eigenvalue weighted by atomic mass is 10.1.